The number of benzene rings is 1. The lowest BCUT2D eigenvalue weighted by Crippen LogP contribution is -2.21. The van der Waals surface area contributed by atoms with Gasteiger partial charge in [-0.1, -0.05) is 73.6 Å². The molecule has 1 aromatic heterocycles. The van der Waals surface area contributed by atoms with Gasteiger partial charge in [-0.15, -0.1) is 0 Å². The molecule has 31 heavy (non-hydrogen) atoms. The molecule has 0 fully saturated rings. The van der Waals surface area contributed by atoms with E-state index < -0.39 is 5.92 Å². The van der Waals surface area contributed by atoms with E-state index in [4.69, 9.17) is 17.0 Å². The highest BCUT2D eigenvalue weighted by Gasteiger charge is 2.34. The molecule has 0 radical (unpaired) electrons. The van der Waals surface area contributed by atoms with Gasteiger partial charge >= 0.3 is 0 Å². The molecule has 1 N–H and O–H groups in total. The number of hydrogen-bond acceptors (Lipinski definition) is 4. The normalized spacial score (nSPS) is 16.0. The lowest BCUT2D eigenvalue weighted by Gasteiger charge is -2.24. The fraction of sp³-hybridized carbons (Fsp3) is 0.375. The molecule has 1 aromatic carbocycles. The van der Waals surface area contributed by atoms with Gasteiger partial charge in [-0.25, -0.2) is 18.7 Å². The lowest BCUT2D eigenvalue weighted by molar-refractivity contribution is -0.00438. The van der Waals surface area contributed by atoms with Crippen LogP contribution >= 0.6 is 23.4 Å². The first-order valence-corrected chi connectivity index (χ1v) is 11.6. The number of alkyl halides is 2. The van der Waals surface area contributed by atoms with E-state index in [1.54, 1.807) is 6.07 Å². The van der Waals surface area contributed by atoms with Crippen LogP contribution in [0.15, 0.2) is 41.6 Å². The Balaban J connectivity index is 2.13. The van der Waals surface area contributed by atoms with Crippen LogP contribution in [-0.2, 0) is 6.42 Å². The maximum absolute atomic E-state index is 14.2. The average molecular weight is 462 g/mol. The fourth-order valence-corrected chi connectivity index (χ4v) is 4.42. The maximum Gasteiger partial charge on any atom is 0.252 e. The second-order valence-electron chi connectivity index (χ2n) is 7.83. The zero-order valence-electron chi connectivity index (χ0n) is 17.9. The fourth-order valence-electron chi connectivity index (χ4n) is 3.50. The molecular formula is C24H26ClF2N3S. The molecule has 7 heteroatoms. The van der Waals surface area contributed by atoms with Crippen LogP contribution in [0, 0.1) is 5.41 Å². The third-order valence-electron chi connectivity index (χ3n) is 4.86. The molecule has 2 aromatic rings. The smallest absolute Gasteiger partial charge is 0.252 e. The Hall–Kier alpha value is -2.05. The van der Waals surface area contributed by atoms with E-state index in [2.05, 4.69) is 9.97 Å². The van der Waals surface area contributed by atoms with Crippen LogP contribution < -0.4 is 0 Å². The molecule has 0 atom stereocenters. The molecule has 3 nitrogen and oxygen atoms in total. The summed E-state index contributed by atoms with van der Waals surface area (Å²) in [4.78, 5) is 9.33. The van der Waals surface area contributed by atoms with Crippen LogP contribution in [0.2, 0.25) is 5.02 Å². The molecule has 0 unspecified atom stereocenters. The van der Waals surface area contributed by atoms with Gasteiger partial charge in [0.25, 0.3) is 5.92 Å². The summed E-state index contributed by atoms with van der Waals surface area (Å²) in [6, 6.07) is 7.39. The summed E-state index contributed by atoms with van der Waals surface area (Å²) >= 11 is 7.76. The Morgan fingerprint density at radius 3 is 2.68 bits per heavy atom. The molecule has 164 valence electrons. The summed E-state index contributed by atoms with van der Waals surface area (Å²) in [5.74, 6) is -2.75. The predicted octanol–water partition coefficient (Wildman–Crippen LogP) is 7.48. The van der Waals surface area contributed by atoms with Gasteiger partial charge in [-0.2, -0.15) is 0 Å². The van der Waals surface area contributed by atoms with Crippen molar-refractivity contribution in [3.05, 3.63) is 64.0 Å². The molecule has 0 aliphatic heterocycles. The predicted molar refractivity (Wildman–Crippen MR) is 126 cm³/mol. The first-order chi connectivity index (χ1) is 14.7. The SMILES string of the molecule is C/C=C/c1c(C(=N)Cc2ccccc2Cl)nc(SC(C)C)nc1C1=CCCC(F)(F)C1. The number of allylic oxidation sites excluding steroid dienone is 3. The van der Waals surface area contributed by atoms with Crippen molar-refractivity contribution in [2.24, 2.45) is 0 Å². The quantitative estimate of drug-likeness (QED) is 0.264. The van der Waals surface area contributed by atoms with Crippen molar-refractivity contribution in [1.29, 1.82) is 5.41 Å². The van der Waals surface area contributed by atoms with E-state index in [1.165, 1.54) is 11.8 Å². The molecule has 0 bridgehead atoms. The van der Waals surface area contributed by atoms with Gasteiger partial charge in [0, 0.05) is 35.1 Å². The minimum absolute atomic E-state index is 0.149. The van der Waals surface area contributed by atoms with Crippen LogP contribution in [0.1, 0.15) is 62.5 Å². The highest BCUT2D eigenvalue weighted by Crippen LogP contribution is 2.39. The largest absolute Gasteiger partial charge is 0.303 e. The number of nitrogens with zero attached hydrogens (tertiary/aromatic N) is 2. The van der Waals surface area contributed by atoms with E-state index in [0.717, 1.165) is 5.56 Å². The Morgan fingerprint density at radius 2 is 2.03 bits per heavy atom. The number of aromatic nitrogens is 2. The number of nitrogens with one attached hydrogen (secondary N) is 1. The maximum atomic E-state index is 14.2. The molecular weight excluding hydrogens is 436 g/mol. The van der Waals surface area contributed by atoms with Crippen LogP contribution in [0.5, 0.6) is 0 Å². The molecule has 0 saturated heterocycles. The van der Waals surface area contributed by atoms with Crippen molar-refractivity contribution in [2.45, 2.75) is 62.8 Å². The molecule has 3 rings (SSSR count). The van der Waals surface area contributed by atoms with Gasteiger partial charge in [-0.3, -0.25) is 0 Å². The number of halogens is 3. The molecule has 0 spiro atoms. The summed E-state index contributed by atoms with van der Waals surface area (Å²) in [6.45, 7) is 5.90. The van der Waals surface area contributed by atoms with E-state index in [1.807, 2.05) is 57.2 Å². The third-order valence-corrected chi connectivity index (χ3v) is 6.10. The Bertz CT molecular complexity index is 1030. The molecule has 1 heterocycles. The monoisotopic (exact) mass is 461 g/mol. The number of rotatable bonds is 7. The van der Waals surface area contributed by atoms with Crippen LogP contribution in [0.3, 0.4) is 0 Å². The highest BCUT2D eigenvalue weighted by molar-refractivity contribution is 7.99. The molecule has 0 amide bonds. The first-order valence-electron chi connectivity index (χ1n) is 10.3. The van der Waals surface area contributed by atoms with Gasteiger partial charge in [0.1, 0.15) is 0 Å². The van der Waals surface area contributed by atoms with Crippen LogP contribution in [0.4, 0.5) is 8.78 Å². The number of hydrogen-bond donors (Lipinski definition) is 1. The zero-order valence-corrected chi connectivity index (χ0v) is 19.5. The van der Waals surface area contributed by atoms with Crippen molar-refractivity contribution < 1.29 is 8.78 Å². The van der Waals surface area contributed by atoms with Gasteiger partial charge < -0.3 is 5.41 Å². The summed E-state index contributed by atoms with van der Waals surface area (Å²) in [5, 5.41) is 10.1. The first kappa shape index (κ1) is 23.6. The van der Waals surface area contributed by atoms with Gasteiger partial charge in [0.05, 0.1) is 17.1 Å². The van der Waals surface area contributed by atoms with E-state index in [9.17, 15) is 8.78 Å². The van der Waals surface area contributed by atoms with Gasteiger partial charge in [0.2, 0.25) is 0 Å². The standard InChI is InChI=1S/C24H26ClF2N3S/c1-4-8-18-21(17-10-7-12-24(26,27)14-17)29-23(31-15(2)3)30-22(18)20(28)13-16-9-5-6-11-19(16)25/h4-6,8-11,15,28H,7,12-14H2,1-3H3/b8-4+,28-20?. The summed E-state index contributed by atoms with van der Waals surface area (Å²) in [5.41, 5.74) is 3.18. The van der Waals surface area contributed by atoms with Gasteiger partial charge in [-0.05, 0) is 30.5 Å². The van der Waals surface area contributed by atoms with E-state index in [-0.39, 0.29) is 23.8 Å². The molecule has 0 saturated carbocycles. The Labute approximate surface area is 191 Å². The zero-order chi connectivity index (χ0) is 22.6. The topological polar surface area (TPSA) is 49.6 Å². The molecule has 1 aliphatic carbocycles. The van der Waals surface area contributed by atoms with Crippen molar-refractivity contribution >= 4 is 40.7 Å². The van der Waals surface area contributed by atoms with Crippen molar-refractivity contribution in [2.75, 3.05) is 0 Å². The van der Waals surface area contributed by atoms with E-state index in [0.29, 0.717) is 45.5 Å². The third kappa shape index (κ3) is 6.01. The summed E-state index contributed by atoms with van der Waals surface area (Å²) in [7, 11) is 0. The number of thioether (sulfide) groups is 1. The van der Waals surface area contributed by atoms with Crippen LogP contribution in [0.25, 0.3) is 11.6 Å². The van der Waals surface area contributed by atoms with Crippen molar-refractivity contribution in [1.82, 2.24) is 9.97 Å². The van der Waals surface area contributed by atoms with Crippen LogP contribution in [-0.4, -0.2) is 26.9 Å². The second-order valence-corrected chi connectivity index (χ2v) is 9.78. The van der Waals surface area contributed by atoms with Crippen molar-refractivity contribution in [3.8, 4) is 0 Å². The lowest BCUT2D eigenvalue weighted by atomic mass is 9.90. The van der Waals surface area contributed by atoms with E-state index >= 15 is 0 Å². The minimum Gasteiger partial charge on any atom is -0.303 e. The molecule has 1 aliphatic rings. The summed E-state index contributed by atoms with van der Waals surface area (Å²) < 4.78 is 28.4. The minimum atomic E-state index is -2.75. The highest BCUT2D eigenvalue weighted by atomic mass is 35.5. The Kier molecular flexibility index (Phi) is 7.65. The second kappa shape index (κ2) is 10.0. The summed E-state index contributed by atoms with van der Waals surface area (Å²) in [6.07, 6.45) is 5.58. The van der Waals surface area contributed by atoms with Gasteiger partial charge in [0.15, 0.2) is 5.16 Å². The average Bonchev–Trinajstić information content (AvgIpc) is 2.69. The van der Waals surface area contributed by atoms with Crippen molar-refractivity contribution in [3.63, 3.8) is 0 Å². The Morgan fingerprint density at radius 1 is 1.29 bits per heavy atom.